The van der Waals surface area contributed by atoms with Crippen molar-refractivity contribution in [1.82, 2.24) is 15.7 Å². The third-order valence-electron chi connectivity index (χ3n) is 7.49. The highest BCUT2D eigenvalue weighted by Crippen LogP contribution is 2.27. The number of unbranched alkanes of at least 4 members (excludes halogenated alkanes) is 4. The summed E-state index contributed by atoms with van der Waals surface area (Å²) in [5.41, 5.74) is 1.76. The van der Waals surface area contributed by atoms with E-state index in [4.69, 9.17) is 9.57 Å². The number of aliphatic hydroxyl groups excluding tert-OH is 2. The van der Waals surface area contributed by atoms with Gasteiger partial charge in [-0.25, -0.2) is 4.79 Å². The van der Waals surface area contributed by atoms with E-state index >= 15 is 0 Å². The molecule has 236 valence electrons. The topological polar surface area (TPSA) is 158 Å². The molecule has 0 unspecified atom stereocenters. The third kappa shape index (κ3) is 10.3. The van der Waals surface area contributed by atoms with Gasteiger partial charge in [0, 0.05) is 38.7 Å². The predicted molar refractivity (Wildman–Crippen MR) is 160 cm³/mol. The lowest BCUT2D eigenvalue weighted by atomic mass is 9.91. The number of rotatable bonds is 19. The zero-order chi connectivity index (χ0) is 31.2. The zero-order valence-corrected chi connectivity index (χ0v) is 25.1. The molecule has 1 aliphatic heterocycles. The molecule has 1 fully saturated rings. The molecule has 5 N–H and O–H groups in total. The Hall–Kier alpha value is -3.51. The van der Waals surface area contributed by atoms with E-state index in [2.05, 4.69) is 10.6 Å². The van der Waals surface area contributed by atoms with Crippen LogP contribution in [0.25, 0.3) is 0 Å². The van der Waals surface area contributed by atoms with Gasteiger partial charge >= 0.3 is 12.0 Å². The Labute approximate surface area is 253 Å². The summed E-state index contributed by atoms with van der Waals surface area (Å²) in [5.74, 6) is -1.14. The first kappa shape index (κ1) is 34.0. The minimum Gasteiger partial charge on any atom is -0.508 e. The number of phenols is 1. The van der Waals surface area contributed by atoms with Crippen LogP contribution in [0, 0.1) is 0 Å². The molecule has 3 amide bonds. The van der Waals surface area contributed by atoms with Crippen molar-refractivity contribution in [3.63, 3.8) is 0 Å². The summed E-state index contributed by atoms with van der Waals surface area (Å²) < 4.78 is 5.79. The number of carbonyl (C=O) groups is 3. The van der Waals surface area contributed by atoms with Crippen molar-refractivity contribution in [2.24, 2.45) is 0 Å². The number of aromatic hydroxyl groups is 1. The van der Waals surface area contributed by atoms with Crippen LogP contribution < -0.4 is 10.6 Å². The van der Waals surface area contributed by atoms with Gasteiger partial charge in [-0.2, -0.15) is 0 Å². The number of hydrogen-bond donors (Lipinski definition) is 5. The quantitative estimate of drug-likeness (QED) is 0.121. The van der Waals surface area contributed by atoms with Gasteiger partial charge in [0.1, 0.15) is 5.75 Å². The minimum absolute atomic E-state index is 0.0256. The Morgan fingerprint density at radius 3 is 2.49 bits per heavy atom. The number of aryl methyl sites for hydroxylation is 1. The summed E-state index contributed by atoms with van der Waals surface area (Å²) in [4.78, 5) is 41.0. The predicted octanol–water partition coefficient (Wildman–Crippen LogP) is 3.44. The Kier molecular flexibility index (Phi) is 13.4. The van der Waals surface area contributed by atoms with Crippen molar-refractivity contribution in [3.05, 3.63) is 64.7 Å². The SMILES string of the molecule is CC(=O)ON1C(=O)NC(=O)[C@]1(C)Cc1cccc(CCCCOCCCCCCNC[C@@H](O)c2ccc(O)c(CO)c2)c1. The highest BCUT2D eigenvalue weighted by atomic mass is 16.7. The lowest BCUT2D eigenvalue weighted by Gasteiger charge is -2.29. The monoisotopic (exact) mass is 599 g/mol. The highest BCUT2D eigenvalue weighted by Gasteiger charge is 2.52. The second-order valence-corrected chi connectivity index (χ2v) is 11.2. The fraction of sp³-hybridized carbons (Fsp3) is 0.531. The molecule has 1 heterocycles. The van der Waals surface area contributed by atoms with Crippen LogP contribution >= 0.6 is 0 Å². The maximum atomic E-state index is 12.5. The van der Waals surface area contributed by atoms with Crippen LogP contribution in [-0.2, 0) is 38.6 Å². The Morgan fingerprint density at radius 1 is 1.02 bits per heavy atom. The molecule has 0 bridgehead atoms. The van der Waals surface area contributed by atoms with Crippen LogP contribution in [0.1, 0.15) is 80.7 Å². The summed E-state index contributed by atoms with van der Waals surface area (Å²) in [6.07, 6.45) is 6.44. The first-order valence-corrected chi connectivity index (χ1v) is 14.9. The van der Waals surface area contributed by atoms with Crippen LogP contribution in [-0.4, -0.2) is 70.1 Å². The van der Waals surface area contributed by atoms with E-state index in [9.17, 15) is 29.7 Å². The number of benzene rings is 2. The number of urea groups is 1. The van der Waals surface area contributed by atoms with Crippen LogP contribution in [0.5, 0.6) is 5.75 Å². The van der Waals surface area contributed by atoms with Crippen LogP contribution in [0.3, 0.4) is 0 Å². The molecule has 0 aliphatic carbocycles. The van der Waals surface area contributed by atoms with Gasteiger partial charge in [-0.1, -0.05) is 43.2 Å². The van der Waals surface area contributed by atoms with Crippen molar-refractivity contribution in [2.45, 2.75) is 83.5 Å². The molecule has 0 spiro atoms. The number of amides is 3. The zero-order valence-electron chi connectivity index (χ0n) is 25.1. The molecule has 0 aromatic heterocycles. The first-order chi connectivity index (χ1) is 20.6. The molecule has 1 aliphatic rings. The van der Waals surface area contributed by atoms with Crippen molar-refractivity contribution in [3.8, 4) is 5.75 Å². The third-order valence-corrected chi connectivity index (χ3v) is 7.49. The number of imide groups is 1. The van der Waals surface area contributed by atoms with E-state index in [1.165, 1.54) is 13.0 Å². The van der Waals surface area contributed by atoms with Crippen molar-refractivity contribution in [2.75, 3.05) is 26.3 Å². The van der Waals surface area contributed by atoms with E-state index in [1.54, 1.807) is 19.1 Å². The molecular weight excluding hydrogens is 554 g/mol. The number of nitrogens with one attached hydrogen (secondary N) is 2. The van der Waals surface area contributed by atoms with E-state index in [0.29, 0.717) is 24.3 Å². The highest BCUT2D eigenvalue weighted by molar-refractivity contribution is 6.06. The molecule has 2 aromatic rings. The molecule has 0 radical (unpaired) electrons. The summed E-state index contributed by atoms with van der Waals surface area (Å²) in [7, 11) is 0. The van der Waals surface area contributed by atoms with Crippen LogP contribution in [0.4, 0.5) is 4.79 Å². The summed E-state index contributed by atoms with van der Waals surface area (Å²) in [6.45, 7) is 5.15. The largest absolute Gasteiger partial charge is 0.508 e. The van der Waals surface area contributed by atoms with E-state index in [1.807, 2.05) is 24.3 Å². The van der Waals surface area contributed by atoms with E-state index in [0.717, 1.165) is 74.3 Å². The summed E-state index contributed by atoms with van der Waals surface area (Å²) >= 11 is 0. The number of nitrogens with zero attached hydrogens (tertiary/aromatic N) is 1. The van der Waals surface area contributed by atoms with E-state index < -0.39 is 29.6 Å². The molecule has 1 saturated heterocycles. The van der Waals surface area contributed by atoms with Gasteiger partial charge in [-0.15, -0.1) is 5.06 Å². The van der Waals surface area contributed by atoms with Crippen LogP contribution in [0.15, 0.2) is 42.5 Å². The van der Waals surface area contributed by atoms with Gasteiger partial charge in [0.05, 0.1) is 12.7 Å². The van der Waals surface area contributed by atoms with Crippen molar-refractivity contribution in [1.29, 1.82) is 0 Å². The Balaban J connectivity index is 1.23. The molecule has 3 rings (SSSR count). The van der Waals surface area contributed by atoms with E-state index in [-0.39, 0.29) is 18.8 Å². The lowest BCUT2D eigenvalue weighted by Crippen LogP contribution is -2.49. The Bertz CT molecular complexity index is 1220. The maximum absolute atomic E-state index is 12.5. The van der Waals surface area contributed by atoms with Crippen molar-refractivity contribution < 1.29 is 39.3 Å². The molecular formula is C32H45N3O8. The number of carbonyl (C=O) groups excluding carboxylic acids is 3. The smallest absolute Gasteiger partial charge is 0.358 e. The second-order valence-electron chi connectivity index (χ2n) is 11.2. The number of hydroxylamine groups is 2. The average Bonchev–Trinajstić information content (AvgIpc) is 3.17. The maximum Gasteiger partial charge on any atom is 0.358 e. The van der Waals surface area contributed by atoms with Gasteiger partial charge in [-0.3, -0.25) is 14.9 Å². The van der Waals surface area contributed by atoms with Gasteiger partial charge < -0.3 is 30.2 Å². The first-order valence-electron chi connectivity index (χ1n) is 14.9. The molecule has 43 heavy (non-hydrogen) atoms. The molecule has 2 atom stereocenters. The fourth-order valence-electron chi connectivity index (χ4n) is 5.05. The number of ether oxygens (including phenoxy) is 1. The number of hydrogen-bond acceptors (Lipinski definition) is 9. The summed E-state index contributed by atoms with van der Waals surface area (Å²) in [5, 5.41) is 35.5. The van der Waals surface area contributed by atoms with Gasteiger partial charge in [0.2, 0.25) is 0 Å². The van der Waals surface area contributed by atoms with Gasteiger partial charge in [0.25, 0.3) is 5.91 Å². The van der Waals surface area contributed by atoms with Crippen molar-refractivity contribution >= 4 is 17.9 Å². The second kappa shape index (κ2) is 17.0. The summed E-state index contributed by atoms with van der Waals surface area (Å²) in [6, 6.07) is 11.9. The average molecular weight is 600 g/mol. The fourth-order valence-corrected chi connectivity index (χ4v) is 5.05. The number of aliphatic hydroxyl groups is 2. The molecule has 0 saturated carbocycles. The standard InChI is InChI=1S/C32H45N3O8/c1-23(37)43-35-31(41)34-30(40)32(35,2)20-25-12-9-11-24(18-25)10-5-8-17-42-16-7-4-3-6-15-33-21-29(39)26-13-14-28(38)27(19-26)22-36/h9,11-14,18-19,29,33,36,38-39H,3-8,10,15-17,20-22H2,1-2H3,(H,34,40,41)/t29-,32+/m1/s1. The normalized spacial score (nSPS) is 17.3. The minimum atomic E-state index is -1.31. The molecule has 11 heteroatoms. The van der Waals surface area contributed by atoms with Gasteiger partial charge in [-0.05, 0) is 74.4 Å². The lowest BCUT2D eigenvalue weighted by molar-refractivity contribution is -0.189. The Morgan fingerprint density at radius 2 is 1.74 bits per heavy atom. The van der Waals surface area contributed by atoms with Crippen LogP contribution in [0.2, 0.25) is 0 Å². The molecule has 11 nitrogen and oxygen atoms in total. The molecule has 2 aromatic carbocycles. The van der Waals surface area contributed by atoms with Gasteiger partial charge in [0.15, 0.2) is 5.54 Å².